The molecule has 138 valence electrons. The van der Waals surface area contributed by atoms with Gasteiger partial charge in [0.1, 0.15) is 0 Å². The first-order valence-electron chi connectivity index (χ1n) is 9.13. The van der Waals surface area contributed by atoms with Crippen molar-refractivity contribution in [2.75, 3.05) is 13.3 Å². The van der Waals surface area contributed by atoms with Crippen LogP contribution in [0, 0.1) is 0 Å². The van der Waals surface area contributed by atoms with Gasteiger partial charge < -0.3 is 19.7 Å². The maximum atomic E-state index is 12.6. The molecule has 1 N–H and O–H groups in total. The third-order valence-corrected chi connectivity index (χ3v) is 4.56. The van der Waals surface area contributed by atoms with Crippen molar-refractivity contribution in [3.63, 3.8) is 0 Å². The number of aryl methyl sites for hydroxylation is 1. The molecule has 1 unspecified atom stereocenters. The fraction of sp³-hybridized carbons (Fsp3) is 0.381. The minimum atomic E-state index is -0.0364. The Morgan fingerprint density at radius 1 is 1.12 bits per heavy atom. The van der Waals surface area contributed by atoms with Crippen molar-refractivity contribution in [1.82, 2.24) is 10.2 Å². The number of urea groups is 1. The predicted octanol–water partition coefficient (Wildman–Crippen LogP) is 3.97. The molecule has 5 heteroatoms. The Bertz CT molecular complexity index is 733. The summed E-state index contributed by atoms with van der Waals surface area (Å²) in [5, 5.41) is 3.10. The fourth-order valence-electron chi connectivity index (χ4n) is 2.99. The molecule has 26 heavy (non-hydrogen) atoms. The number of hydrogen-bond acceptors (Lipinski definition) is 3. The largest absolute Gasteiger partial charge is 0.454 e. The van der Waals surface area contributed by atoms with Gasteiger partial charge in [0.2, 0.25) is 6.79 Å². The van der Waals surface area contributed by atoms with Gasteiger partial charge in [-0.2, -0.15) is 0 Å². The first kappa shape index (κ1) is 18.1. The van der Waals surface area contributed by atoms with Crippen molar-refractivity contribution < 1.29 is 14.3 Å². The SMILES string of the molecule is CCN(Cc1ccc2c(c1)OCO2)C(=O)NC(C)CCc1ccccc1. The zero-order chi connectivity index (χ0) is 18.4. The van der Waals surface area contributed by atoms with E-state index < -0.39 is 0 Å². The van der Waals surface area contributed by atoms with E-state index in [4.69, 9.17) is 9.47 Å². The van der Waals surface area contributed by atoms with Gasteiger partial charge >= 0.3 is 6.03 Å². The molecular formula is C21H26N2O3. The highest BCUT2D eigenvalue weighted by molar-refractivity contribution is 5.74. The number of hydrogen-bond donors (Lipinski definition) is 1. The molecule has 1 heterocycles. The number of fused-ring (bicyclic) bond motifs is 1. The Labute approximate surface area is 154 Å². The second kappa shape index (κ2) is 8.61. The van der Waals surface area contributed by atoms with Crippen LogP contribution in [0.25, 0.3) is 0 Å². The van der Waals surface area contributed by atoms with Crippen LogP contribution < -0.4 is 14.8 Å². The van der Waals surface area contributed by atoms with Crippen LogP contribution in [0.1, 0.15) is 31.4 Å². The van der Waals surface area contributed by atoms with Gasteiger partial charge in [0.05, 0.1) is 0 Å². The molecule has 5 nitrogen and oxygen atoms in total. The van der Waals surface area contributed by atoms with Crippen LogP contribution in [0.15, 0.2) is 48.5 Å². The molecule has 0 bridgehead atoms. The van der Waals surface area contributed by atoms with Crippen molar-refractivity contribution in [3.8, 4) is 11.5 Å². The molecule has 2 amide bonds. The summed E-state index contributed by atoms with van der Waals surface area (Å²) in [6.45, 7) is 5.49. The summed E-state index contributed by atoms with van der Waals surface area (Å²) in [7, 11) is 0. The number of ether oxygens (including phenoxy) is 2. The Morgan fingerprint density at radius 2 is 1.88 bits per heavy atom. The summed E-state index contributed by atoms with van der Waals surface area (Å²) in [4.78, 5) is 14.4. The summed E-state index contributed by atoms with van der Waals surface area (Å²) in [6.07, 6.45) is 1.87. The van der Waals surface area contributed by atoms with E-state index in [1.54, 1.807) is 4.90 Å². The molecule has 0 saturated heterocycles. The molecule has 3 rings (SSSR count). The molecule has 2 aromatic rings. The van der Waals surface area contributed by atoms with E-state index in [2.05, 4.69) is 24.4 Å². The van der Waals surface area contributed by atoms with E-state index in [1.165, 1.54) is 5.56 Å². The highest BCUT2D eigenvalue weighted by atomic mass is 16.7. The lowest BCUT2D eigenvalue weighted by atomic mass is 10.1. The van der Waals surface area contributed by atoms with Gasteiger partial charge in [0, 0.05) is 19.1 Å². The van der Waals surface area contributed by atoms with Gasteiger partial charge in [0.25, 0.3) is 0 Å². The molecule has 1 atom stereocenters. The number of carbonyl (C=O) groups is 1. The quantitative estimate of drug-likeness (QED) is 0.818. The van der Waals surface area contributed by atoms with Crippen LogP contribution in [0.4, 0.5) is 4.79 Å². The minimum absolute atomic E-state index is 0.0364. The first-order chi connectivity index (χ1) is 12.7. The monoisotopic (exact) mass is 354 g/mol. The maximum Gasteiger partial charge on any atom is 0.317 e. The highest BCUT2D eigenvalue weighted by Crippen LogP contribution is 2.32. The number of carbonyl (C=O) groups excluding carboxylic acids is 1. The van der Waals surface area contributed by atoms with Gasteiger partial charge in [-0.25, -0.2) is 4.79 Å². The van der Waals surface area contributed by atoms with Crippen molar-refractivity contribution in [2.24, 2.45) is 0 Å². The number of benzene rings is 2. The van der Waals surface area contributed by atoms with Gasteiger partial charge in [-0.3, -0.25) is 0 Å². The van der Waals surface area contributed by atoms with Gasteiger partial charge in [-0.1, -0.05) is 36.4 Å². The van der Waals surface area contributed by atoms with E-state index in [0.717, 1.165) is 29.9 Å². The van der Waals surface area contributed by atoms with Crippen LogP contribution in [0.5, 0.6) is 11.5 Å². The normalized spacial score (nSPS) is 13.3. The van der Waals surface area contributed by atoms with Gasteiger partial charge in [-0.05, 0) is 49.9 Å². The molecule has 2 aromatic carbocycles. The van der Waals surface area contributed by atoms with Crippen molar-refractivity contribution in [2.45, 2.75) is 39.3 Å². The predicted molar refractivity (Wildman–Crippen MR) is 101 cm³/mol. The van der Waals surface area contributed by atoms with Crippen LogP contribution in [-0.2, 0) is 13.0 Å². The Hall–Kier alpha value is -2.69. The Balaban J connectivity index is 1.51. The number of amides is 2. The molecule has 1 aliphatic rings. The summed E-state index contributed by atoms with van der Waals surface area (Å²) >= 11 is 0. The third kappa shape index (κ3) is 4.69. The van der Waals surface area contributed by atoms with Crippen molar-refractivity contribution >= 4 is 6.03 Å². The van der Waals surface area contributed by atoms with E-state index in [-0.39, 0.29) is 18.9 Å². The number of nitrogens with zero attached hydrogens (tertiary/aromatic N) is 1. The average Bonchev–Trinajstić information content (AvgIpc) is 3.13. The number of nitrogens with one attached hydrogen (secondary N) is 1. The van der Waals surface area contributed by atoms with Crippen LogP contribution in [0.3, 0.4) is 0 Å². The van der Waals surface area contributed by atoms with Gasteiger partial charge in [-0.15, -0.1) is 0 Å². The molecule has 0 aliphatic carbocycles. The minimum Gasteiger partial charge on any atom is -0.454 e. The summed E-state index contributed by atoms with van der Waals surface area (Å²) < 4.78 is 10.7. The molecule has 0 aromatic heterocycles. The van der Waals surface area contributed by atoms with E-state index in [0.29, 0.717) is 13.1 Å². The summed E-state index contributed by atoms with van der Waals surface area (Å²) in [6, 6.07) is 16.2. The fourth-order valence-corrected chi connectivity index (χ4v) is 2.99. The van der Waals surface area contributed by atoms with E-state index in [1.807, 2.05) is 43.3 Å². The van der Waals surface area contributed by atoms with E-state index in [9.17, 15) is 4.79 Å². The molecule has 0 spiro atoms. The average molecular weight is 354 g/mol. The smallest absolute Gasteiger partial charge is 0.317 e. The number of rotatable bonds is 7. The highest BCUT2D eigenvalue weighted by Gasteiger charge is 2.17. The Kier molecular flexibility index (Phi) is 6.00. The Morgan fingerprint density at radius 3 is 2.65 bits per heavy atom. The standard InChI is InChI=1S/C21H26N2O3/c1-3-23(14-18-11-12-19-20(13-18)26-15-25-19)21(24)22-16(2)9-10-17-7-5-4-6-8-17/h4-8,11-13,16H,3,9-10,14-15H2,1-2H3,(H,22,24). The van der Waals surface area contributed by atoms with Crippen molar-refractivity contribution in [1.29, 1.82) is 0 Å². The van der Waals surface area contributed by atoms with Crippen molar-refractivity contribution in [3.05, 3.63) is 59.7 Å². The molecular weight excluding hydrogens is 328 g/mol. The second-order valence-electron chi connectivity index (χ2n) is 6.58. The lowest BCUT2D eigenvalue weighted by Gasteiger charge is -2.24. The van der Waals surface area contributed by atoms with Gasteiger partial charge in [0.15, 0.2) is 11.5 Å². The zero-order valence-corrected chi connectivity index (χ0v) is 15.4. The molecule has 1 aliphatic heterocycles. The molecule has 0 fully saturated rings. The van der Waals surface area contributed by atoms with Crippen LogP contribution in [0.2, 0.25) is 0 Å². The topological polar surface area (TPSA) is 50.8 Å². The second-order valence-corrected chi connectivity index (χ2v) is 6.58. The maximum absolute atomic E-state index is 12.6. The summed E-state index contributed by atoms with van der Waals surface area (Å²) in [5.41, 5.74) is 2.32. The van der Waals surface area contributed by atoms with E-state index >= 15 is 0 Å². The first-order valence-corrected chi connectivity index (χ1v) is 9.13. The van der Waals surface area contributed by atoms with Crippen LogP contribution in [-0.4, -0.2) is 30.3 Å². The lowest BCUT2D eigenvalue weighted by Crippen LogP contribution is -2.43. The zero-order valence-electron chi connectivity index (χ0n) is 15.4. The molecule has 0 saturated carbocycles. The summed E-state index contributed by atoms with van der Waals surface area (Å²) in [5.74, 6) is 1.51. The van der Waals surface area contributed by atoms with Crippen LogP contribution >= 0.6 is 0 Å². The lowest BCUT2D eigenvalue weighted by molar-refractivity contribution is 0.173. The molecule has 0 radical (unpaired) electrons. The third-order valence-electron chi connectivity index (χ3n) is 4.56.